The molecule has 1 aromatic rings. The average molecular weight is 293 g/mol. The molecule has 0 radical (unpaired) electrons. The number of aliphatic hydroxyl groups excluding tert-OH is 1. The molecule has 0 heterocycles. The molecular formula is C17H27NO3. The summed E-state index contributed by atoms with van der Waals surface area (Å²) in [5.41, 5.74) is 1.13. The predicted molar refractivity (Wildman–Crippen MR) is 83.9 cm³/mol. The van der Waals surface area contributed by atoms with Gasteiger partial charge >= 0.3 is 0 Å². The maximum atomic E-state index is 10.2. The Balaban J connectivity index is 1.91. The Labute approximate surface area is 127 Å². The number of rotatable bonds is 7. The first kappa shape index (κ1) is 16.1. The molecule has 4 nitrogen and oxygen atoms in total. The lowest BCUT2D eigenvalue weighted by Gasteiger charge is -2.22. The monoisotopic (exact) mass is 293 g/mol. The van der Waals surface area contributed by atoms with E-state index in [4.69, 9.17) is 9.47 Å². The van der Waals surface area contributed by atoms with Crippen LogP contribution in [0.5, 0.6) is 11.5 Å². The number of aliphatic hydroxyl groups is 1. The fourth-order valence-electron chi connectivity index (χ4n) is 3.05. The van der Waals surface area contributed by atoms with Crippen molar-refractivity contribution in [2.24, 2.45) is 5.92 Å². The van der Waals surface area contributed by atoms with Crippen LogP contribution in [0.15, 0.2) is 18.2 Å². The van der Waals surface area contributed by atoms with E-state index in [0.717, 1.165) is 29.9 Å². The van der Waals surface area contributed by atoms with Crippen LogP contribution in [0.1, 0.15) is 44.2 Å². The van der Waals surface area contributed by atoms with Crippen molar-refractivity contribution in [3.05, 3.63) is 23.8 Å². The van der Waals surface area contributed by atoms with Crippen LogP contribution in [0.3, 0.4) is 0 Å². The van der Waals surface area contributed by atoms with Crippen LogP contribution < -0.4 is 14.8 Å². The van der Waals surface area contributed by atoms with Crippen molar-refractivity contribution in [3.63, 3.8) is 0 Å². The molecule has 1 aromatic carbocycles. The highest BCUT2D eigenvalue weighted by atomic mass is 16.5. The second-order valence-electron chi connectivity index (χ2n) is 5.86. The Bertz CT molecular complexity index is 444. The van der Waals surface area contributed by atoms with Gasteiger partial charge in [-0.05, 0) is 43.4 Å². The van der Waals surface area contributed by atoms with Gasteiger partial charge in [-0.15, -0.1) is 0 Å². The zero-order valence-corrected chi connectivity index (χ0v) is 13.3. The molecule has 4 heteroatoms. The number of hydrogen-bond acceptors (Lipinski definition) is 4. The van der Waals surface area contributed by atoms with E-state index in [1.54, 1.807) is 14.2 Å². The molecule has 2 atom stereocenters. The first-order chi connectivity index (χ1) is 10.2. The lowest BCUT2D eigenvalue weighted by atomic mass is 10.00. The Morgan fingerprint density at radius 1 is 1.19 bits per heavy atom. The van der Waals surface area contributed by atoms with Gasteiger partial charge in [-0.1, -0.05) is 18.9 Å². The highest BCUT2D eigenvalue weighted by Gasteiger charge is 2.23. The third-order valence-electron chi connectivity index (χ3n) is 4.48. The zero-order chi connectivity index (χ0) is 15.2. The summed E-state index contributed by atoms with van der Waals surface area (Å²) in [6.07, 6.45) is 4.59. The SMILES string of the molecule is COc1ccc(C(C)NCC(O)C2CCCC2)cc1OC. The van der Waals surface area contributed by atoms with Crippen molar-refractivity contribution in [1.82, 2.24) is 5.32 Å². The third-order valence-corrected chi connectivity index (χ3v) is 4.48. The van der Waals surface area contributed by atoms with E-state index in [2.05, 4.69) is 12.2 Å². The molecule has 1 aliphatic carbocycles. The van der Waals surface area contributed by atoms with Gasteiger partial charge in [0.15, 0.2) is 11.5 Å². The maximum absolute atomic E-state index is 10.2. The summed E-state index contributed by atoms with van der Waals surface area (Å²) < 4.78 is 10.6. The van der Waals surface area contributed by atoms with E-state index < -0.39 is 0 Å². The van der Waals surface area contributed by atoms with Gasteiger partial charge in [0, 0.05) is 12.6 Å². The highest BCUT2D eigenvalue weighted by Crippen LogP contribution is 2.30. The zero-order valence-electron chi connectivity index (χ0n) is 13.3. The van der Waals surface area contributed by atoms with Crippen LogP contribution in [-0.2, 0) is 0 Å². The van der Waals surface area contributed by atoms with Crippen molar-refractivity contribution in [1.29, 1.82) is 0 Å². The number of ether oxygens (including phenoxy) is 2. The Morgan fingerprint density at radius 2 is 1.86 bits per heavy atom. The number of methoxy groups -OCH3 is 2. The largest absolute Gasteiger partial charge is 0.493 e. The predicted octanol–water partition coefficient (Wildman–Crippen LogP) is 2.91. The minimum Gasteiger partial charge on any atom is -0.493 e. The molecule has 21 heavy (non-hydrogen) atoms. The molecule has 2 N–H and O–H groups in total. The molecule has 2 unspecified atom stereocenters. The smallest absolute Gasteiger partial charge is 0.161 e. The standard InChI is InChI=1S/C17H27NO3/c1-12(18-11-15(19)13-6-4-5-7-13)14-8-9-16(20-2)17(10-14)21-3/h8-10,12-13,15,18-19H,4-7,11H2,1-3H3. The average Bonchev–Trinajstić information content (AvgIpc) is 3.06. The minimum absolute atomic E-state index is 0.167. The summed E-state index contributed by atoms with van der Waals surface area (Å²) in [6.45, 7) is 2.74. The van der Waals surface area contributed by atoms with Crippen LogP contribution in [0.25, 0.3) is 0 Å². The Morgan fingerprint density at radius 3 is 2.48 bits per heavy atom. The topological polar surface area (TPSA) is 50.7 Å². The van der Waals surface area contributed by atoms with Crippen molar-refractivity contribution in [2.75, 3.05) is 20.8 Å². The second kappa shape index (κ2) is 7.66. The van der Waals surface area contributed by atoms with E-state index in [0.29, 0.717) is 12.5 Å². The summed E-state index contributed by atoms with van der Waals surface area (Å²) >= 11 is 0. The van der Waals surface area contributed by atoms with E-state index in [1.165, 1.54) is 12.8 Å². The molecule has 0 saturated heterocycles. The Kier molecular flexibility index (Phi) is 5.88. The van der Waals surface area contributed by atoms with Crippen molar-refractivity contribution >= 4 is 0 Å². The third kappa shape index (κ3) is 4.11. The molecule has 1 saturated carbocycles. The van der Waals surface area contributed by atoms with Gasteiger partial charge in [-0.2, -0.15) is 0 Å². The number of benzene rings is 1. The molecule has 0 bridgehead atoms. The van der Waals surface area contributed by atoms with Gasteiger partial charge in [0.2, 0.25) is 0 Å². The highest BCUT2D eigenvalue weighted by molar-refractivity contribution is 5.43. The molecule has 1 fully saturated rings. The van der Waals surface area contributed by atoms with E-state index in [1.807, 2.05) is 18.2 Å². The van der Waals surface area contributed by atoms with Crippen LogP contribution in [-0.4, -0.2) is 32.0 Å². The molecule has 1 aliphatic rings. The Hall–Kier alpha value is -1.26. The van der Waals surface area contributed by atoms with Gasteiger partial charge in [-0.25, -0.2) is 0 Å². The van der Waals surface area contributed by atoms with Gasteiger partial charge in [0.1, 0.15) is 0 Å². The van der Waals surface area contributed by atoms with Crippen LogP contribution in [0, 0.1) is 5.92 Å². The normalized spacial score (nSPS) is 18.5. The van der Waals surface area contributed by atoms with Gasteiger partial charge in [0.25, 0.3) is 0 Å². The summed E-state index contributed by atoms with van der Waals surface area (Å²) in [5.74, 6) is 1.94. The molecule has 118 valence electrons. The van der Waals surface area contributed by atoms with Crippen LogP contribution in [0.4, 0.5) is 0 Å². The molecule has 0 amide bonds. The van der Waals surface area contributed by atoms with E-state index in [-0.39, 0.29) is 12.1 Å². The first-order valence-electron chi connectivity index (χ1n) is 7.79. The molecular weight excluding hydrogens is 266 g/mol. The molecule has 0 aromatic heterocycles. The summed E-state index contributed by atoms with van der Waals surface area (Å²) in [5, 5.41) is 13.6. The van der Waals surface area contributed by atoms with Crippen molar-refractivity contribution in [2.45, 2.75) is 44.8 Å². The summed E-state index contributed by atoms with van der Waals surface area (Å²) in [7, 11) is 3.28. The molecule has 0 aliphatic heterocycles. The molecule has 2 rings (SSSR count). The fourth-order valence-corrected chi connectivity index (χ4v) is 3.05. The summed E-state index contributed by atoms with van der Waals surface area (Å²) in [6, 6.07) is 6.10. The number of hydrogen-bond donors (Lipinski definition) is 2. The molecule has 0 spiro atoms. The van der Waals surface area contributed by atoms with E-state index >= 15 is 0 Å². The van der Waals surface area contributed by atoms with Gasteiger partial charge in [-0.3, -0.25) is 0 Å². The minimum atomic E-state index is -0.241. The lowest BCUT2D eigenvalue weighted by Crippen LogP contribution is -2.33. The van der Waals surface area contributed by atoms with Crippen LogP contribution in [0.2, 0.25) is 0 Å². The second-order valence-corrected chi connectivity index (χ2v) is 5.86. The quantitative estimate of drug-likeness (QED) is 0.811. The maximum Gasteiger partial charge on any atom is 0.161 e. The number of nitrogens with one attached hydrogen (secondary N) is 1. The van der Waals surface area contributed by atoms with Gasteiger partial charge < -0.3 is 19.9 Å². The summed E-state index contributed by atoms with van der Waals surface area (Å²) in [4.78, 5) is 0. The lowest BCUT2D eigenvalue weighted by molar-refractivity contribution is 0.106. The fraction of sp³-hybridized carbons (Fsp3) is 0.647. The van der Waals surface area contributed by atoms with Crippen LogP contribution >= 0.6 is 0 Å². The van der Waals surface area contributed by atoms with E-state index in [9.17, 15) is 5.11 Å². The van der Waals surface area contributed by atoms with Crippen molar-refractivity contribution in [3.8, 4) is 11.5 Å². The van der Waals surface area contributed by atoms with Gasteiger partial charge in [0.05, 0.1) is 20.3 Å². The van der Waals surface area contributed by atoms with Crippen molar-refractivity contribution < 1.29 is 14.6 Å². The first-order valence-corrected chi connectivity index (χ1v) is 7.79.